The summed E-state index contributed by atoms with van der Waals surface area (Å²) in [5.41, 5.74) is 0.556. The zero-order chi connectivity index (χ0) is 18.6. The minimum Gasteiger partial charge on any atom is -0.497 e. The maximum atomic E-state index is 12.5. The molecular formula is C19H24N2O3S2. The second kappa shape index (κ2) is 8.33. The van der Waals surface area contributed by atoms with Gasteiger partial charge in [-0.3, -0.25) is 4.72 Å². The molecule has 26 heavy (non-hydrogen) atoms. The molecule has 2 aromatic rings. The summed E-state index contributed by atoms with van der Waals surface area (Å²) in [5.74, 6) is 0.512. The predicted molar refractivity (Wildman–Crippen MR) is 107 cm³/mol. The second-order valence-corrected chi connectivity index (χ2v) is 9.49. The highest BCUT2D eigenvalue weighted by atomic mass is 32.2. The first kappa shape index (κ1) is 19.1. The van der Waals surface area contributed by atoms with Crippen LogP contribution in [-0.4, -0.2) is 45.8 Å². The van der Waals surface area contributed by atoms with Crippen LogP contribution >= 0.6 is 11.8 Å². The van der Waals surface area contributed by atoms with E-state index in [-0.39, 0.29) is 4.90 Å². The van der Waals surface area contributed by atoms with Crippen molar-refractivity contribution in [3.8, 4) is 5.75 Å². The average molecular weight is 393 g/mol. The van der Waals surface area contributed by atoms with Gasteiger partial charge in [0.2, 0.25) is 0 Å². The first-order chi connectivity index (χ1) is 12.5. The van der Waals surface area contributed by atoms with Crippen LogP contribution in [0.1, 0.15) is 12.8 Å². The average Bonchev–Trinajstić information content (AvgIpc) is 2.65. The molecule has 3 rings (SSSR count). The summed E-state index contributed by atoms with van der Waals surface area (Å²) in [6.45, 7) is 2.27. The van der Waals surface area contributed by atoms with E-state index in [1.54, 1.807) is 18.2 Å². The third kappa shape index (κ3) is 4.93. The van der Waals surface area contributed by atoms with Gasteiger partial charge >= 0.3 is 0 Å². The number of anilines is 1. The summed E-state index contributed by atoms with van der Waals surface area (Å²) in [6, 6.07) is 14.0. The van der Waals surface area contributed by atoms with E-state index < -0.39 is 10.0 Å². The molecule has 2 aromatic carbocycles. The minimum absolute atomic E-state index is 0.182. The molecule has 0 radical (unpaired) electrons. The van der Waals surface area contributed by atoms with Crippen LogP contribution < -0.4 is 9.46 Å². The van der Waals surface area contributed by atoms with Crippen LogP contribution in [0.4, 0.5) is 5.69 Å². The number of hydrogen-bond donors (Lipinski definition) is 1. The summed E-state index contributed by atoms with van der Waals surface area (Å²) < 4.78 is 32.8. The molecule has 1 aliphatic heterocycles. The Bertz CT molecular complexity index is 830. The highest BCUT2D eigenvalue weighted by Gasteiger charge is 2.18. The van der Waals surface area contributed by atoms with Gasteiger partial charge in [-0.25, -0.2) is 8.42 Å². The van der Waals surface area contributed by atoms with E-state index in [9.17, 15) is 8.42 Å². The number of likely N-dealkylation sites (tertiary alicyclic amines) is 1. The maximum absolute atomic E-state index is 12.5. The zero-order valence-corrected chi connectivity index (χ0v) is 16.6. The van der Waals surface area contributed by atoms with Crippen LogP contribution in [0.2, 0.25) is 0 Å². The fourth-order valence-electron chi connectivity index (χ4n) is 2.88. The van der Waals surface area contributed by atoms with Crippen molar-refractivity contribution in [3.63, 3.8) is 0 Å². The molecular weight excluding hydrogens is 368 g/mol. The van der Waals surface area contributed by atoms with Crippen molar-refractivity contribution in [1.29, 1.82) is 0 Å². The Balaban J connectivity index is 1.64. The van der Waals surface area contributed by atoms with Gasteiger partial charge in [0.05, 0.1) is 12.0 Å². The molecule has 0 bridgehead atoms. The number of methoxy groups -OCH3 is 1. The Morgan fingerprint density at radius 3 is 2.46 bits per heavy atom. The monoisotopic (exact) mass is 392 g/mol. The summed E-state index contributed by atoms with van der Waals surface area (Å²) in [5, 5.41) is 0.630. The lowest BCUT2D eigenvalue weighted by Crippen LogP contribution is -2.31. The van der Waals surface area contributed by atoms with E-state index in [4.69, 9.17) is 4.74 Å². The second-order valence-electron chi connectivity index (χ2n) is 6.43. The molecule has 0 unspecified atom stereocenters. The van der Waals surface area contributed by atoms with Crippen molar-refractivity contribution >= 4 is 27.5 Å². The Kier molecular flexibility index (Phi) is 6.11. The number of rotatable bonds is 6. The number of nitrogens with zero attached hydrogens (tertiary/aromatic N) is 1. The molecule has 0 amide bonds. The molecule has 0 aromatic heterocycles. The smallest absolute Gasteiger partial charge is 0.262 e. The van der Waals surface area contributed by atoms with Crippen molar-refractivity contribution in [2.45, 2.75) is 27.9 Å². The van der Waals surface area contributed by atoms with Gasteiger partial charge in [-0.05, 0) is 69.4 Å². The van der Waals surface area contributed by atoms with E-state index in [1.807, 2.05) is 36.0 Å². The number of sulfonamides is 1. The summed E-state index contributed by atoms with van der Waals surface area (Å²) in [4.78, 5) is 3.71. The first-order valence-corrected chi connectivity index (χ1v) is 10.9. The molecule has 1 aliphatic rings. The fourth-order valence-corrected chi connectivity index (χ4v) is 5.10. The number of nitrogens with one attached hydrogen (secondary N) is 1. The summed E-state index contributed by atoms with van der Waals surface area (Å²) in [7, 11) is 0.0362. The molecule has 0 spiro atoms. The number of ether oxygens (including phenoxy) is 1. The number of piperidine rings is 1. The van der Waals surface area contributed by atoms with Crippen molar-refractivity contribution in [2.24, 2.45) is 0 Å². The third-order valence-corrected chi connectivity index (χ3v) is 7.15. The van der Waals surface area contributed by atoms with Crippen LogP contribution in [0.3, 0.4) is 0 Å². The largest absolute Gasteiger partial charge is 0.497 e. The SMILES string of the molecule is COc1cccc(S(=O)(=O)Nc2ccc(SC3CCN(C)CC3)cc2)c1. The standard InChI is InChI=1S/C19H24N2O3S2/c1-21-12-10-18(11-13-21)25-17-8-6-15(7-9-17)20-26(22,23)19-5-3-4-16(14-19)24-2/h3-9,14,18,20H,10-13H2,1-2H3. The van der Waals surface area contributed by atoms with E-state index in [2.05, 4.69) is 16.7 Å². The Labute approximate surface area is 159 Å². The Hall–Kier alpha value is -1.70. The number of thioether (sulfide) groups is 1. The first-order valence-electron chi connectivity index (χ1n) is 8.58. The molecule has 0 atom stereocenters. The summed E-state index contributed by atoms with van der Waals surface area (Å²) in [6.07, 6.45) is 2.37. The van der Waals surface area contributed by atoms with Gasteiger partial charge in [0.25, 0.3) is 10.0 Å². The lowest BCUT2D eigenvalue weighted by atomic mass is 10.1. The van der Waals surface area contributed by atoms with E-state index in [0.717, 1.165) is 13.1 Å². The highest BCUT2D eigenvalue weighted by Crippen LogP contribution is 2.31. The van der Waals surface area contributed by atoms with Crippen molar-refractivity contribution in [2.75, 3.05) is 32.0 Å². The number of benzene rings is 2. The summed E-state index contributed by atoms with van der Waals surface area (Å²) >= 11 is 1.87. The highest BCUT2D eigenvalue weighted by molar-refractivity contribution is 8.00. The van der Waals surface area contributed by atoms with Gasteiger partial charge in [0.15, 0.2) is 0 Å². The molecule has 1 saturated heterocycles. The van der Waals surface area contributed by atoms with Gasteiger partial charge in [-0.1, -0.05) is 6.07 Å². The van der Waals surface area contributed by atoms with Gasteiger partial charge in [-0.2, -0.15) is 0 Å². The van der Waals surface area contributed by atoms with Gasteiger partial charge in [0, 0.05) is 21.9 Å². The molecule has 5 nitrogen and oxygen atoms in total. The molecule has 7 heteroatoms. The van der Waals surface area contributed by atoms with Crippen LogP contribution in [0, 0.1) is 0 Å². The third-order valence-electron chi connectivity index (χ3n) is 4.43. The Morgan fingerprint density at radius 2 is 1.81 bits per heavy atom. The van der Waals surface area contributed by atoms with Crippen molar-refractivity contribution in [3.05, 3.63) is 48.5 Å². The van der Waals surface area contributed by atoms with E-state index in [1.165, 1.54) is 30.9 Å². The molecule has 1 N–H and O–H groups in total. The minimum atomic E-state index is -3.63. The van der Waals surface area contributed by atoms with Crippen LogP contribution in [0.5, 0.6) is 5.75 Å². The molecule has 0 saturated carbocycles. The zero-order valence-electron chi connectivity index (χ0n) is 15.0. The maximum Gasteiger partial charge on any atom is 0.262 e. The lowest BCUT2D eigenvalue weighted by molar-refractivity contribution is 0.282. The van der Waals surface area contributed by atoms with E-state index in [0.29, 0.717) is 16.7 Å². The topological polar surface area (TPSA) is 58.6 Å². The molecule has 140 valence electrons. The van der Waals surface area contributed by atoms with Crippen molar-refractivity contribution in [1.82, 2.24) is 4.90 Å². The fraction of sp³-hybridized carbons (Fsp3) is 0.368. The van der Waals surface area contributed by atoms with Gasteiger partial charge in [-0.15, -0.1) is 11.8 Å². The quantitative estimate of drug-likeness (QED) is 0.813. The normalized spacial score (nSPS) is 16.4. The lowest BCUT2D eigenvalue weighted by Gasteiger charge is -2.28. The predicted octanol–water partition coefficient (Wildman–Crippen LogP) is 3.68. The van der Waals surface area contributed by atoms with Crippen molar-refractivity contribution < 1.29 is 13.2 Å². The molecule has 0 aliphatic carbocycles. The Morgan fingerprint density at radius 1 is 1.12 bits per heavy atom. The van der Waals surface area contributed by atoms with Crippen LogP contribution in [0.15, 0.2) is 58.3 Å². The van der Waals surface area contributed by atoms with Gasteiger partial charge in [0.1, 0.15) is 5.75 Å². The molecule has 1 fully saturated rings. The van der Waals surface area contributed by atoms with Crippen LogP contribution in [0.25, 0.3) is 0 Å². The number of hydrogen-bond acceptors (Lipinski definition) is 5. The van der Waals surface area contributed by atoms with Crippen LogP contribution in [-0.2, 0) is 10.0 Å². The molecule has 1 heterocycles. The van der Waals surface area contributed by atoms with Gasteiger partial charge < -0.3 is 9.64 Å². The van der Waals surface area contributed by atoms with E-state index >= 15 is 0 Å².